The van der Waals surface area contributed by atoms with Crippen molar-refractivity contribution in [1.29, 1.82) is 0 Å². The summed E-state index contributed by atoms with van der Waals surface area (Å²) in [6.45, 7) is 5.95. The molecular formula is C14H20F3N3O. The topological polar surface area (TPSA) is 68.0 Å². The second kappa shape index (κ2) is 6.78. The number of nitrogens with two attached hydrogens (primary N) is 1. The summed E-state index contributed by atoms with van der Waals surface area (Å²) in [5.41, 5.74) is 4.08. The Labute approximate surface area is 121 Å². The van der Waals surface area contributed by atoms with Gasteiger partial charge in [0.25, 0.3) is 5.91 Å². The number of alkyl halides is 3. The number of carbonyl (C=O) groups is 1. The number of hydrogen-bond acceptors (Lipinski definition) is 3. The molecule has 21 heavy (non-hydrogen) atoms. The van der Waals surface area contributed by atoms with Gasteiger partial charge in [-0.3, -0.25) is 4.79 Å². The van der Waals surface area contributed by atoms with E-state index in [0.717, 1.165) is 25.0 Å². The quantitative estimate of drug-likeness (QED) is 0.846. The van der Waals surface area contributed by atoms with Crippen molar-refractivity contribution in [3.8, 4) is 0 Å². The van der Waals surface area contributed by atoms with E-state index in [4.69, 9.17) is 5.73 Å². The Morgan fingerprint density at radius 1 is 1.29 bits per heavy atom. The summed E-state index contributed by atoms with van der Waals surface area (Å²) >= 11 is 0. The largest absolute Gasteiger partial charge is 0.433 e. The second-order valence-corrected chi connectivity index (χ2v) is 5.47. The van der Waals surface area contributed by atoms with E-state index in [0.29, 0.717) is 5.92 Å². The molecule has 0 radical (unpaired) electrons. The normalized spacial score (nSPS) is 13.3. The van der Waals surface area contributed by atoms with Gasteiger partial charge in [-0.1, -0.05) is 13.8 Å². The number of aromatic nitrogens is 1. The first-order valence-electron chi connectivity index (χ1n) is 6.75. The van der Waals surface area contributed by atoms with Gasteiger partial charge in [-0.05, 0) is 37.8 Å². The molecule has 1 rings (SSSR count). The summed E-state index contributed by atoms with van der Waals surface area (Å²) in [6.07, 6.45) is -2.89. The predicted molar refractivity (Wildman–Crippen MR) is 74.9 cm³/mol. The van der Waals surface area contributed by atoms with Gasteiger partial charge in [0, 0.05) is 6.04 Å². The van der Waals surface area contributed by atoms with Crippen molar-refractivity contribution in [3.05, 3.63) is 23.4 Å². The van der Waals surface area contributed by atoms with Crippen LogP contribution < -0.4 is 11.1 Å². The minimum Gasteiger partial charge on any atom is -0.367 e. The molecule has 0 saturated heterocycles. The molecule has 4 nitrogen and oxygen atoms in total. The van der Waals surface area contributed by atoms with Crippen molar-refractivity contribution in [2.24, 2.45) is 11.7 Å². The Bertz CT molecular complexity index is 501. The zero-order chi connectivity index (χ0) is 16.2. The number of primary amides is 1. The van der Waals surface area contributed by atoms with Crippen LogP contribution in [0.15, 0.2) is 12.1 Å². The maximum Gasteiger partial charge on any atom is 0.433 e. The highest BCUT2D eigenvalue weighted by atomic mass is 19.4. The fraction of sp³-hybridized carbons (Fsp3) is 0.571. The summed E-state index contributed by atoms with van der Waals surface area (Å²) in [5, 5.41) is 2.85. The number of anilines is 1. The molecule has 0 aliphatic rings. The molecule has 7 heteroatoms. The number of halogens is 3. The third-order valence-corrected chi connectivity index (χ3v) is 3.01. The lowest BCUT2D eigenvalue weighted by molar-refractivity contribution is -0.141. The lowest BCUT2D eigenvalue weighted by atomic mass is 10.0. The van der Waals surface area contributed by atoms with Gasteiger partial charge in [0.05, 0.1) is 5.56 Å². The molecule has 0 aliphatic carbocycles. The molecule has 0 fully saturated rings. The number of carbonyl (C=O) groups excluding carboxylic acids is 1. The average molecular weight is 303 g/mol. The number of nitrogens with zero attached hydrogens (tertiary/aromatic N) is 1. The van der Waals surface area contributed by atoms with Crippen molar-refractivity contribution in [3.63, 3.8) is 0 Å². The highest BCUT2D eigenvalue weighted by Gasteiger charge is 2.33. The van der Waals surface area contributed by atoms with Crippen LogP contribution in [0.3, 0.4) is 0 Å². The lowest BCUT2D eigenvalue weighted by Crippen LogP contribution is -2.23. The minimum absolute atomic E-state index is 0.0422. The summed E-state index contributed by atoms with van der Waals surface area (Å²) in [7, 11) is 0. The molecule has 0 aliphatic heterocycles. The van der Waals surface area contributed by atoms with Gasteiger partial charge in [-0.25, -0.2) is 4.98 Å². The van der Waals surface area contributed by atoms with Gasteiger partial charge in [-0.2, -0.15) is 13.2 Å². The Morgan fingerprint density at radius 2 is 1.90 bits per heavy atom. The fourth-order valence-electron chi connectivity index (χ4n) is 1.81. The number of amides is 1. The number of rotatable bonds is 6. The van der Waals surface area contributed by atoms with Crippen LogP contribution in [0.1, 0.15) is 49.7 Å². The van der Waals surface area contributed by atoms with Crippen LogP contribution in [0.2, 0.25) is 0 Å². The maximum absolute atomic E-state index is 12.7. The van der Waals surface area contributed by atoms with Crippen LogP contribution in [-0.2, 0) is 6.18 Å². The van der Waals surface area contributed by atoms with Crippen LogP contribution in [-0.4, -0.2) is 16.9 Å². The van der Waals surface area contributed by atoms with Crippen LogP contribution in [0.5, 0.6) is 0 Å². The molecule has 1 unspecified atom stereocenters. The van der Waals surface area contributed by atoms with Gasteiger partial charge >= 0.3 is 6.18 Å². The van der Waals surface area contributed by atoms with E-state index in [2.05, 4.69) is 24.1 Å². The monoisotopic (exact) mass is 303 g/mol. The molecule has 1 aromatic rings. The molecule has 118 valence electrons. The van der Waals surface area contributed by atoms with Crippen LogP contribution in [0.4, 0.5) is 19.0 Å². The van der Waals surface area contributed by atoms with Gasteiger partial charge < -0.3 is 11.1 Å². The van der Waals surface area contributed by atoms with Crippen molar-refractivity contribution in [1.82, 2.24) is 4.98 Å². The highest BCUT2D eigenvalue weighted by Crippen LogP contribution is 2.29. The Hall–Kier alpha value is -1.79. The standard InChI is InChI=1S/C14H20F3N3O/c1-8(2)4-5-9(3)19-13-10(12(18)21)6-7-11(20-13)14(15,16)17/h6-9H,4-5H2,1-3H3,(H2,18,21)(H,19,20). The Morgan fingerprint density at radius 3 is 2.38 bits per heavy atom. The minimum atomic E-state index is -4.56. The third kappa shape index (κ3) is 5.24. The summed E-state index contributed by atoms with van der Waals surface area (Å²) in [5.74, 6) is -0.442. The smallest absolute Gasteiger partial charge is 0.367 e. The van der Waals surface area contributed by atoms with E-state index in [1.165, 1.54) is 0 Å². The van der Waals surface area contributed by atoms with E-state index >= 15 is 0 Å². The van der Waals surface area contributed by atoms with Crippen molar-refractivity contribution in [2.45, 2.75) is 45.8 Å². The Balaban J connectivity index is 2.99. The summed E-state index contributed by atoms with van der Waals surface area (Å²) < 4.78 is 38.1. The summed E-state index contributed by atoms with van der Waals surface area (Å²) in [4.78, 5) is 14.8. The van der Waals surface area contributed by atoms with Crippen LogP contribution in [0, 0.1) is 5.92 Å². The maximum atomic E-state index is 12.7. The van der Waals surface area contributed by atoms with Gasteiger partial charge in [0.1, 0.15) is 11.5 Å². The predicted octanol–water partition coefficient (Wildman–Crippen LogP) is 3.44. The fourth-order valence-corrected chi connectivity index (χ4v) is 1.81. The first-order chi connectivity index (χ1) is 9.61. The van der Waals surface area contributed by atoms with E-state index in [9.17, 15) is 18.0 Å². The van der Waals surface area contributed by atoms with Crippen LogP contribution >= 0.6 is 0 Å². The van der Waals surface area contributed by atoms with Gasteiger partial charge in [-0.15, -0.1) is 0 Å². The molecule has 0 saturated carbocycles. The molecule has 0 bridgehead atoms. The van der Waals surface area contributed by atoms with E-state index < -0.39 is 17.8 Å². The molecule has 1 atom stereocenters. The molecule has 0 aromatic carbocycles. The molecule has 1 amide bonds. The zero-order valence-electron chi connectivity index (χ0n) is 12.3. The van der Waals surface area contributed by atoms with Crippen molar-refractivity contribution in [2.75, 3.05) is 5.32 Å². The van der Waals surface area contributed by atoms with Gasteiger partial charge in [0.2, 0.25) is 0 Å². The Kier molecular flexibility index (Phi) is 5.57. The molecule has 0 spiro atoms. The first-order valence-corrected chi connectivity index (χ1v) is 6.75. The SMILES string of the molecule is CC(C)CCC(C)Nc1nc(C(F)(F)F)ccc1C(N)=O. The second-order valence-electron chi connectivity index (χ2n) is 5.47. The van der Waals surface area contributed by atoms with Crippen molar-refractivity contribution < 1.29 is 18.0 Å². The zero-order valence-corrected chi connectivity index (χ0v) is 12.3. The summed E-state index contributed by atoms with van der Waals surface area (Å²) in [6, 6.07) is 1.70. The number of nitrogens with one attached hydrogen (secondary N) is 1. The molecule has 1 aromatic heterocycles. The average Bonchev–Trinajstić information content (AvgIpc) is 2.34. The molecule has 1 heterocycles. The highest BCUT2D eigenvalue weighted by molar-refractivity contribution is 5.97. The number of hydrogen-bond donors (Lipinski definition) is 2. The lowest BCUT2D eigenvalue weighted by Gasteiger charge is -2.18. The van der Waals surface area contributed by atoms with Gasteiger partial charge in [0.15, 0.2) is 0 Å². The first kappa shape index (κ1) is 17.3. The third-order valence-electron chi connectivity index (χ3n) is 3.01. The van der Waals surface area contributed by atoms with Crippen molar-refractivity contribution >= 4 is 11.7 Å². The van der Waals surface area contributed by atoms with E-state index in [-0.39, 0.29) is 17.4 Å². The molecular weight excluding hydrogens is 283 g/mol. The number of pyridine rings is 1. The van der Waals surface area contributed by atoms with E-state index in [1.807, 2.05) is 6.92 Å². The van der Waals surface area contributed by atoms with Crippen LogP contribution in [0.25, 0.3) is 0 Å². The molecule has 3 N–H and O–H groups in total. The van der Waals surface area contributed by atoms with E-state index in [1.54, 1.807) is 0 Å².